The molecule has 7 nitrogen and oxygen atoms in total. The molecule has 0 aliphatic carbocycles. The number of nitrogens with one attached hydrogen (secondary N) is 1. The number of methoxy groups -OCH3 is 2. The lowest BCUT2D eigenvalue weighted by Crippen LogP contribution is -2.33. The van der Waals surface area contributed by atoms with E-state index in [0.29, 0.717) is 17.1 Å². The van der Waals surface area contributed by atoms with Crippen molar-refractivity contribution >= 4 is 17.6 Å². The summed E-state index contributed by atoms with van der Waals surface area (Å²) in [5, 5.41) is 2.42. The van der Waals surface area contributed by atoms with Gasteiger partial charge < -0.3 is 24.3 Å². The van der Waals surface area contributed by atoms with Crippen molar-refractivity contribution in [2.75, 3.05) is 19.5 Å². The number of rotatable bonds is 8. The maximum absolute atomic E-state index is 13.0. The maximum atomic E-state index is 13.0. The van der Waals surface area contributed by atoms with Crippen LogP contribution in [0.1, 0.15) is 19.4 Å². The van der Waals surface area contributed by atoms with Crippen LogP contribution in [0.2, 0.25) is 0 Å². The van der Waals surface area contributed by atoms with Crippen molar-refractivity contribution < 1.29 is 41.3 Å². The van der Waals surface area contributed by atoms with Gasteiger partial charge in [0.25, 0.3) is 0 Å². The van der Waals surface area contributed by atoms with Gasteiger partial charge >= 0.3 is 18.6 Å². The fourth-order valence-corrected chi connectivity index (χ4v) is 2.48. The third-order valence-electron chi connectivity index (χ3n) is 3.81. The molecule has 0 radical (unpaired) electrons. The van der Waals surface area contributed by atoms with Crippen molar-refractivity contribution in [3.8, 4) is 17.2 Å². The van der Waals surface area contributed by atoms with Gasteiger partial charge in [0.2, 0.25) is 5.90 Å². The van der Waals surface area contributed by atoms with E-state index in [0.717, 1.165) is 12.1 Å². The lowest BCUT2D eigenvalue weighted by molar-refractivity contribution is -0.253. The van der Waals surface area contributed by atoms with Crippen LogP contribution in [0.4, 0.5) is 28.0 Å². The number of benzene rings is 2. The van der Waals surface area contributed by atoms with Gasteiger partial charge in [0.05, 0.1) is 20.3 Å². The van der Waals surface area contributed by atoms with E-state index in [2.05, 4.69) is 15.0 Å². The number of ether oxygens (including phenoxy) is 4. The molecule has 1 N–H and O–H groups in total. The normalized spacial score (nSPS) is 12.0. The first kappa shape index (κ1) is 24.8. The molecular formula is C21H22F4N2O5. The molecule has 0 fully saturated rings. The second-order valence-corrected chi connectivity index (χ2v) is 6.54. The number of nitrogens with zero attached hydrogens (tertiary/aromatic N) is 1. The number of aliphatic imine (C=N–C) groups is 1. The molecule has 0 saturated heterocycles. The van der Waals surface area contributed by atoms with Crippen LogP contribution in [0.25, 0.3) is 0 Å². The van der Waals surface area contributed by atoms with Gasteiger partial charge in [-0.2, -0.15) is 22.6 Å². The smallest absolute Gasteiger partial charge is 0.461 e. The minimum absolute atomic E-state index is 0.0664. The molecule has 2 rings (SSSR count). The Balaban J connectivity index is 2.26. The van der Waals surface area contributed by atoms with Gasteiger partial charge in [-0.05, 0) is 50.2 Å². The zero-order valence-corrected chi connectivity index (χ0v) is 17.7. The van der Waals surface area contributed by atoms with Crippen LogP contribution in [0.15, 0.2) is 47.5 Å². The molecule has 32 heavy (non-hydrogen) atoms. The summed E-state index contributed by atoms with van der Waals surface area (Å²) in [4.78, 5) is 16.4. The Labute approximate surface area is 181 Å². The number of carbonyl (C=O) groups is 1. The van der Waals surface area contributed by atoms with Crippen LogP contribution in [0, 0.1) is 0 Å². The SMILES string of the molecule is COc1cccc(OC)c1/C(=N/C(=O)Nc1ccc(OC(F)(F)C(F)F)cc1)OC(C)C. The van der Waals surface area contributed by atoms with Gasteiger partial charge in [0, 0.05) is 5.69 Å². The third-order valence-corrected chi connectivity index (χ3v) is 3.81. The zero-order valence-electron chi connectivity index (χ0n) is 17.7. The summed E-state index contributed by atoms with van der Waals surface area (Å²) in [7, 11) is 2.87. The van der Waals surface area contributed by atoms with Gasteiger partial charge in [-0.15, -0.1) is 0 Å². The second-order valence-electron chi connectivity index (χ2n) is 6.54. The highest BCUT2D eigenvalue weighted by Gasteiger charge is 2.43. The van der Waals surface area contributed by atoms with E-state index in [-0.39, 0.29) is 17.7 Å². The molecule has 11 heteroatoms. The molecular weight excluding hydrogens is 436 g/mol. The fraction of sp³-hybridized carbons (Fsp3) is 0.333. The monoisotopic (exact) mass is 458 g/mol. The zero-order chi connectivity index (χ0) is 23.9. The number of carbonyl (C=O) groups excluding carboxylic acids is 1. The molecule has 0 aliphatic rings. The predicted octanol–water partition coefficient (Wildman–Crippen LogP) is 5.34. The Morgan fingerprint density at radius 3 is 2.03 bits per heavy atom. The van der Waals surface area contributed by atoms with E-state index in [1.807, 2.05) is 0 Å². The number of halogens is 4. The van der Waals surface area contributed by atoms with E-state index in [4.69, 9.17) is 14.2 Å². The Hall–Kier alpha value is -3.50. The number of anilines is 1. The fourth-order valence-electron chi connectivity index (χ4n) is 2.48. The first-order chi connectivity index (χ1) is 15.1. The molecule has 0 bridgehead atoms. The van der Waals surface area contributed by atoms with E-state index >= 15 is 0 Å². The molecule has 0 atom stereocenters. The largest absolute Gasteiger partial charge is 0.496 e. The number of hydrogen-bond acceptors (Lipinski definition) is 5. The average molecular weight is 458 g/mol. The summed E-state index contributed by atoms with van der Waals surface area (Å²) in [6, 6.07) is 8.52. The van der Waals surface area contributed by atoms with Gasteiger partial charge in [-0.1, -0.05) is 6.07 Å². The molecule has 174 valence electrons. The standard InChI is InChI=1S/C21H22F4N2O5/c1-12(2)31-18(17-15(29-3)6-5-7-16(17)30-4)27-20(28)26-13-8-10-14(11-9-13)32-21(24,25)19(22)23/h5-12,19H,1-4H3,(H,26,28)/b27-18-. The second kappa shape index (κ2) is 10.7. The highest BCUT2D eigenvalue weighted by atomic mass is 19.3. The first-order valence-corrected chi connectivity index (χ1v) is 9.30. The Morgan fingerprint density at radius 2 is 1.56 bits per heavy atom. The van der Waals surface area contributed by atoms with E-state index in [1.54, 1.807) is 32.0 Å². The van der Waals surface area contributed by atoms with Crippen LogP contribution in [0.3, 0.4) is 0 Å². The van der Waals surface area contributed by atoms with Crippen molar-refractivity contribution in [2.24, 2.45) is 4.99 Å². The van der Waals surface area contributed by atoms with Gasteiger partial charge in [0.15, 0.2) is 0 Å². The van der Waals surface area contributed by atoms with Crippen LogP contribution in [-0.2, 0) is 4.74 Å². The van der Waals surface area contributed by atoms with Crippen molar-refractivity contribution in [2.45, 2.75) is 32.5 Å². The topological polar surface area (TPSA) is 78.4 Å². The molecule has 2 amide bonds. The number of urea groups is 1. The molecule has 0 spiro atoms. The highest BCUT2D eigenvalue weighted by molar-refractivity contribution is 6.07. The van der Waals surface area contributed by atoms with E-state index in [1.165, 1.54) is 26.4 Å². The average Bonchev–Trinajstić information content (AvgIpc) is 2.73. The number of hydrogen-bond donors (Lipinski definition) is 1. The van der Waals surface area contributed by atoms with Crippen LogP contribution < -0.4 is 19.5 Å². The van der Waals surface area contributed by atoms with Gasteiger partial charge in [0.1, 0.15) is 22.8 Å². The lowest BCUT2D eigenvalue weighted by Gasteiger charge is -2.18. The van der Waals surface area contributed by atoms with E-state index in [9.17, 15) is 22.4 Å². The molecule has 0 saturated carbocycles. The van der Waals surface area contributed by atoms with Crippen molar-refractivity contribution in [1.29, 1.82) is 0 Å². The van der Waals surface area contributed by atoms with Crippen LogP contribution >= 0.6 is 0 Å². The summed E-state index contributed by atoms with van der Waals surface area (Å²) in [6.45, 7) is 3.48. The minimum Gasteiger partial charge on any atom is -0.496 e. The molecule has 2 aromatic rings. The summed E-state index contributed by atoms with van der Waals surface area (Å²) < 4.78 is 70.7. The first-order valence-electron chi connectivity index (χ1n) is 9.30. The number of alkyl halides is 4. The molecule has 0 aromatic heterocycles. The molecule has 0 heterocycles. The van der Waals surface area contributed by atoms with Crippen LogP contribution in [0.5, 0.6) is 17.2 Å². The van der Waals surface area contributed by atoms with Crippen molar-refractivity contribution in [1.82, 2.24) is 0 Å². The summed E-state index contributed by atoms with van der Waals surface area (Å²) >= 11 is 0. The summed E-state index contributed by atoms with van der Waals surface area (Å²) in [6.07, 6.45) is -8.96. The van der Waals surface area contributed by atoms with Crippen molar-refractivity contribution in [3.63, 3.8) is 0 Å². The Kier molecular flexibility index (Phi) is 8.27. The maximum Gasteiger partial charge on any atom is 0.461 e. The van der Waals surface area contributed by atoms with E-state index < -0.39 is 24.3 Å². The third kappa shape index (κ3) is 6.50. The predicted molar refractivity (Wildman–Crippen MR) is 109 cm³/mol. The molecule has 2 aromatic carbocycles. The number of amides is 2. The van der Waals surface area contributed by atoms with Gasteiger partial charge in [-0.3, -0.25) is 0 Å². The lowest BCUT2D eigenvalue weighted by atomic mass is 10.1. The highest BCUT2D eigenvalue weighted by Crippen LogP contribution is 2.30. The van der Waals surface area contributed by atoms with Crippen molar-refractivity contribution in [3.05, 3.63) is 48.0 Å². The minimum atomic E-state index is -4.63. The molecule has 0 unspecified atom stereocenters. The van der Waals surface area contributed by atoms with Crippen LogP contribution in [-0.4, -0.2) is 44.8 Å². The Bertz CT molecular complexity index is 927. The molecule has 0 aliphatic heterocycles. The quantitative estimate of drug-likeness (QED) is 0.328. The summed E-state index contributed by atoms with van der Waals surface area (Å²) in [5.41, 5.74) is 0.474. The Morgan fingerprint density at radius 1 is 1.00 bits per heavy atom. The summed E-state index contributed by atoms with van der Waals surface area (Å²) in [5.74, 6) is 0.152. The van der Waals surface area contributed by atoms with Gasteiger partial charge in [-0.25, -0.2) is 4.79 Å².